The third-order valence-electron chi connectivity index (χ3n) is 3.72. The summed E-state index contributed by atoms with van der Waals surface area (Å²) in [6, 6.07) is 0.295. The van der Waals surface area contributed by atoms with Crippen LogP contribution in [0.3, 0.4) is 0 Å². The summed E-state index contributed by atoms with van der Waals surface area (Å²) in [5.74, 6) is 0.804. The maximum Gasteiger partial charge on any atom is 0.0835 e. The minimum atomic E-state index is 0.0654. The highest BCUT2D eigenvalue weighted by atomic mass is 16.5. The Hall–Kier alpha value is -0.0800. The van der Waals surface area contributed by atoms with E-state index in [1.165, 1.54) is 32.1 Å². The Balaban J connectivity index is 2.07. The molecule has 1 saturated heterocycles. The number of rotatable bonds is 0. The molecule has 0 unspecified atom stereocenters. The molecule has 1 saturated carbocycles. The quantitative estimate of drug-likeness (QED) is 0.624. The zero-order chi connectivity index (χ0) is 9.31. The summed E-state index contributed by atoms with van der Waals surface area (Å²) in [5, 5.41) is 0. The summed E-state index contributed by atoms with van der Waals surface area (Å²) < 4.78 is 5.96. The second-order valence-corrected chi connectivity index (χ2v) is 4.86. The van der Waals surface area contributed by atoms with Gasteiger partial charge in [0.2, 0.25) is 0 Å². The lowest BCUT2D eigenvalue weighted by molar-refractivity contribution is -0.120. The molecule has 0 amide bonds. The molecule has 1 spiro atoms. The van der Waals surface area contributed by atoms with E-state index in [0.29, 0.717) is 6.04 Å². The Kier molecular flexibility index (Phi) is 2.61. The zero-order valence-corrected chi connectivity index (χ0v) is 8.59. The van der Waals surface area contributed by atoms with Crippen LogP contribution in [-0.4, -0.2) is 18.2 Å². The van der Waals surface area contributed by atoms with Gasteiger partial charge in [0.05, 0.1) is 5.60 Å². The van der Waals surface area contributed by atoms with Crippen molar-refractivity contribution < 1.29 is 4.74 Å². The van der Waals surface area contributed by atoms with Gasteiger partial charge < -0.3 is 10.5 Å². The first-order chi connectivity index (χ1) is 6.23. The molecular formula is C11H21NO. The van der Waals surface area contributed by atoms with Crippen molar-refractivity contribution in [3.05, 3.63) is 0 Å². The number of hydrogen-bond donors (Lipinski definition) is 1. The Labute approximate surface area is 80.8 Å². The molecule has 3 atom stereocenters. The number of ether oxygens (including phenoxy) is 1. The van der Waals surface area contributed by atoms with Crippen LogP contribution in [0, 0.1) is 5.92 Å². The van der Waals surface area contributed by atoms with Crippen LogP contribution >= 0.6 is 0 Å². The summed E-state index contributed by atoms with van der Waals surface area (Å²) in [4.78, 5) is 0. The number of hydrogen-bond acceptors (Lipinski definition) is 2. The van der Waals surface area contributed by atoms with Crippen molar-refractivity contribution >= 4 is 0 Å². The maximum absolute atomic E-state index is 6.18. The van der Waals surface area contributed by atoms with Crippen LogP contribution in [0.5, 0.6) is 0 Å². The van der Waals surface area contributed by atoms with Gasteiger partial charge in [-0.25, -0.2) is 0 Å². The van der Waals surface area contributed by atoms with Gasteiger partial charge in [-0.3, -0.25) is 0 Å². The lowest BCUT2D eigenvalue weighted by Gasteiger charge is -2.46. The van der Waals surface area contributed by atoms with Crippen molar-refractivity contribution in [3.63, 3.8) is 0 Å². The molecule has 2 aliphatic rings. The molecule has 2 N–H and O–H groups in total. The largest absolute Gasteiger partial charge is 0.373 e. The molecule has 13 heavy (non-hydrogen) atoms. The van der Waals surface area contributed by atoms with Crippen LogP contribution in [0.15, 0.2) is 0 Å². The van der Waals surface area contributed by atoms with E-state index in [1.807, 2.05) is 0 Å². The Morgan fingerprint density at radius 1 is 1.31 bits per heavy atom. The summed E-state index contributed by atoms with van der Waals surface area (Å²) in [6.45, 7) is 3.26. The van der Waals surface area contributed by atoms with Crippen molar-refractivity contribution in [2.45, 2.75) is 57.1 Å². The summed E-state index contributed by atoms with van der Waals surface area (Å²) in [5.41, 5.74) is 6.25. The van der Waals surface area contributed by atoms with Gasteiger partial charge in [0, 0.05) is 12.6 Å². The van der Waals surface area contributed by atoms with E-state index in [9.17, 15) is 0 Å². The Morgan fingerprint density at radius 3 is 2.85 bits per heavy atom. The molecule has 0 radical (unpaired) electrons. The SMILES string of the molecule is C[C@@H]1CC[C@@H](N)[C@@]2(CCCCO2)C1. The third kappa shape index (κ3) is 1.75. The average Bonchev–Trinajstić information content (AvgIpc) is 2.14. The molecule has 1 aliphatic carbocycles. The van der Waals surface area contributed by atoms with E-state index in [1.54, 1.807) is 0 Å². The molecule has 0 aromatic heterocycles. The van der Waals surface area contributed by atoms with Crippen LogP contribution in [0.1, 0.15) is 45.4 Å². The number of nitrogens with two attached hydrogens (primary N) is 1. The highest BCUT2D eigenvalue weighted by Gasteiger charge is 2.42. The first-order valence-corrected chi connectivity index (χ1v) is 5.62. The van der Waals surface area contributed by atoms with Gasteiger partial charge in [-0.05, 0) is 44.4 Å². The van der Waals surface area contributed by atoms with Crippen LogP contribution in [0.4, 0.5) is 0 Å². The van der Waals surface area contributed by atoms with Gasteiger partial charge in [0.25, 0.3) is 0 Å². The fourth-order valence-electron chi connectivity index (χ4n) is 2.90. The molecule has 1 heterocycles. The third-order valence-corrected chi connectivity index (χ3v) is 3.72. The molecule has 2 nitrogen and oxygen atoms in total. The average molecular weight is 183 g/mol. The smallest absolute Gasteiger partial charge is 0.0835 e. The van der Waals surface area contributed by atoms with E-state index >= 15 is 0 Å². The molecule has 0 bridgehead atoms. The van der Waals surface area contributed by atoms with Gasteiger partial charge in [0.1, 0.15) is 0 Å². The highest BCUT2D eigenvalue weighted by molar-refractivity contribution is 4.97. The van der Waals surface area contributed by atoms with E-state index in [0.717, 1.165) is 18.9 Å². The molecule has 76 valence electrons. The van der Waals surface area contributed by atoms with Gasteiger partial charge >= 0.3 is 0 Å². The predicted molar refractivity (Wildman–Crippen MR) is 53.5 cm³/mol. The second kappa shape index (κ2) is 3.58. The van der Waals surface area contributed by atoms with E-state index in [4.69, 9.17) is 10.5 Å². The van der Waals surface area contributed by atoms with E-state index in [2.05, 4.69) is 6.92 Å². The molecule has 2 heteroatoms. The monoisotopic (exact) mass is 183 g/mol. The van der Waals surface area contributed by atoms with Crippen LogP contribution < -0.4 is 5.73 Å². The summed E-state index contributed by atoms with van der Waals surface area (Å²) >= 11 is 0. The van der Waals surface area contributed by atoms with Gasteiger partial charge in [-0.1, -0.05) is 6.92 Å². The summed E-state index contributed by atoms with van der Waals surface area (Å²) in [7, 11) is 0. The zero-order valence-electron chi connectivity index (χ0n) is 8.59. The standard InChI is InChI=1S/C11H21NO/c1-9-4-5-10(12)11(8-9)6-2-3-7-13-11/h9-10H,2-8,12H2,1H3/t9-,10-,11-/m1/s1. The summed E-state index contributed by atoms with van der Waals surface area (Å²) in [6.07, 6.45) is 7.35. The van der Waals surface area contributed by atoms with Crippen molar-refractivity contribution in [2.75, 3.05) is 6.61 Å². The minimum Gasteiger partial charge on any atom is -0.373 e. The van der Waals surface area contributed by atoms with Crippen LogP contribution in [0.2, 0.25) is 0 Å². The molecular weight excluding hydrogens is 162 g/mol. The minimum absolute atomic E-state index is 0.0654. The second-order valence-electron chi connectivity index (χ2n) is 4.86. The first kappa shape index (κ1) is 9.47. The van der Waals surface area contributed by atoms with E-state index in [-0.39, 0.29) is 5.60 Å². The van der Waals surface area contributed by atoms with Crippen LogP contribution in [-0.2, 0) is 4.74 Å². The first-order valence-electron chi connectivity index (χ1n) is 5.62. The molecule has 2 fully saturated rings. The lowest BCUT2D eigenvalue weighted by Crippen LogP contribution is -2.55. The molecule has 2 rings (SSSR count). The maximum atomic E-state index is 6.18. The van der Waals surface area contributed by atoms with Gasteiger partial charge in [-0.2, -0.15) is 0 Å². The molecule has 1 aliphatic heterocycles. The van der Waals surface area contributed by atoms with Crippen molar-refractivity contribution in [3.8, 4) is 0 Å². The molecule has 0 aromatic rings. The predicted octanol–water partition coefficient (Wildman–Crippen LogP) is 2.07. The van der Waals surface area contributed by atoms with E-state index < -0.39 is 0 Å². The van der Waals surface area contributed by atoms with Crippen molar-refractivity contribution in [1.82, 2.24) is 0 Å². The topological polar surface area (TPSA) is 35.2 Å². The Morgan fingerprint density at radius 2 is 2.15 bits per heavy atom. The van der Waals surface area contributed by atoms with Crippen LogP contribution in [0.25, 0.3) is 0 Å². The fraction of sp³-hybridized carbons (Fsp3) is 1.00. The fourth-order valence-corrected chi connectivity index (χ4v) is 2.90. The van der Waals surface area contributed by atoms with Crippen molar-refractivity contribution in [1.29, 1.82) is 0 Å². The highest BCUT2D eigenvalue weighted by Crippen LogP contribution is 2.40. The van der Waals surface area contributed by atoms with Gasteiger partial charge in [0.15, 0.2) is 0 Å². The van der Waals surface area contributed by atoms with Crippen molar-refractivity contribution in [2.24, 2.45) is 11.7 Å². The van der Waals surface area contributed by atoms with Gasteiger partial charge in [-0.15, -0.1) is 0 Å². The molecule has 0 aromatic carbocycles. The Bertz CT molecular complexity index is 175. The normalized spacial score (nSPS) is 46.6. The lowest BCUT2D eigenvalue weighted by atomic mass is 9.72.